The molecule has 2 aliphatic rings. The van der Waals surface area contributed by atoms with E-state index < -0.39 is 17.3 Å². The first kappa shape index (κ1) is 22.2. The Labute approximate surface area is 183 Å². The number of benzene rings is 1. The summed E-state index contributed by atoms with van der Waals surface area (Å²) in [6, 6.07) is 4.91. The summed E-state index contributed by atoms with van der Waals surface area (Å²) in [5.74, 6) is 0.269. The number of amides is 2. The number of halogens is 3. The van der Waals surface area contributed by atoms with E-state index >= 15 is 0 Å². The minimum absolute atomic E-state index is 0.0477. The van der Waals surface area contributed by atoms with Crippen LogP contribution in [0.25, 0.3) is 0 Å². The third-order valence-electron chi connectivity index (χ3n) is 6.22. The number of aromatic nitrogens is 1. The molecule has 2 amide bonds. The number of carbonyl (C=O) groups excluding carboxylic acids is 2. The van der Waals surface area contributed by atoms with Gasteiger partial charge in [0.05, 0.1) is 24.3 Å². The number of anilines is 1. The second kappa shape index (κ2) is 7.53. The Bertz CT molecular complexity index is 1020. The van der Waals surface area contributed by atoms with E-state index in [9.17, 15) is 22.8 Å². The van der Waals surface area contributed by atoms with Crippen molar-refractivity contribution in [3.63, 3.8) is 0 Å². The van der Waals surface area contributed by atoms with Crippen molar-refractivity contribution in [3.05, 3.63) is 46.8 Å². The summed E-state index contributed by atoms with van der Waals surface area (Å²) in [6.45, 7) is 7.73. The maximum Gasteiger partial charge on any atom is 0.416 e. The van der Waals surface area contributed by atoms with Gasteiger partial charge in [-0.05, 0) is 45.4 Å². The minimum Gasteiger partial charge on any atom is -0.429 e. The van der Waals surface area contributed by atoms with Crippen molar-refractivity contribution in [1.29, 1.82) is 0 Å². The molecule has 1 aromatic carbocycles. The van der Waals surface area contributed by atoms with E-state index in [1.165, 1.54) is 17.0 Å². The van der Waals surface area contributed by atoms with Crippen LogP contribution < -0.4 is 4.90 Å². The van der Waals surface area contributed by atoms with Crippen LogP contribution in [0.1, 0.15) is 36.4 Å². The standard InChI is InChI=1S/C22H25F3N4O3/c1-13(2)28-10-18(30)29(9-16-5-7-17(8-6-16)22(23,24)25)21(19(28)31)11-27(12-21)20-26-14(3)15(4)32-20/h5-8,13H,9-12H2,1-4H3. The predicted molar refractivity (Wildman–Crippen MR) is 110 cm³/mol. The van der Waals surface area contributed by atoms with E-state index in [4.69, 9.17) is 4.42 Å². The first-order valence-corrected chi connectivity index (χ1v) is 10.4. The lowest BCUT2D eigenvalue weighted by Gasteiger charge is -2.58. The van der Waals surface area contributed by atoms with Crippen LogP contribution >= 0.6 is 0 Å². The molecular formula is C22H25F3N4O3. The molecule has 0 aliphatic carbocycles. The average molecular weight is 450 g/mol. The van der Waals surface area contributed by atoms with Crippen molar-refractivity contribution in [3.8, 4) is 0 Å². The minimum atomic E-state index is -4.44. The van der Waals surface area contributed by atoms with Gasteiger partial charge in [0.2, 0.25) is 5.91 Å². The van der Waals surface area contributed by atoms with Crippen LogP contribution in [0.3, 0.4) is 0 Å². The number of rotatable bonds is 4. The monoisotopic (exact) mass is 450 g/mol. The van der Waals surface area contributed by atoms with Crippen molar-refractivity contribution in [2.45, 2.75) is 52.0 Å². The molecule has 0 unspecified atom stereocenters. The zero-order chi connectivity index (χ0) is 23.4. The molecule has 0 N–H and O–H groups in total. The van der Waals surface area contributed by atoms with Gasteiger partial charge in [0.1, 0.15) is 12.3 Å². The average Bonchev–Trinajstić information content (AvgIpc) is 3.01. The van der Waals surface area contributed by atoms with E-state index in [0.29, 0.717) is 17.3 Å². The molecule has 3 heterocycles. The van der Waals surface area contributed by atoms with E-state index in [1.54, 1.807) is 16.7 Å². The Hall–Kier alpha value is -3.04. The fraction of sp³-hybridized carbons (Fsp3) is 0.500. The smallest absolute Gasteiger partial charge is 0.416 e. The summed E-state index contributed by atoms with van der Waals surface area (Å²) >= 11 is 0. The zero-order valence-corrected chi connectivity index (χ0v) is 18.4. The Morgan fingerprint density at radius 3 is 2.25 bits per heavy atom. The number of hydrogen-bond donors (Lipinski definition) is 0. The van der Waals surface area contributed by atoms with Crippen LogP contribution in [0, 0.1) is 13.8 Å². The van der Waals surface area contributed by atoms with Gasteiger partial charge >= 0.3 is 6.18 Å². The quantitative estimate of drug-likeness (QED) is 0.716. The Morgan fingerprint density at radius 1 is 1.12 bits per heavy atom. The van der Waals surface area contributed by atoms with Crippen LogP contribution in [0.2, 0.25) is 0 Å². The second-order valence-corrected chi connectivity index (χ2v) is 8.73. The number of nitrogens with zero attached hydrogens (tertiary/aromatic N) is 4. The molecule has 2 fully saturated rings. The van der Waals surface area contributed by atoms with Gasteiger partial charge < -0.3 is 19.1 Å². The Morgan fingerprint density at radius 2 is 1.75 bits per heavy atom. The van der Waals surface area contributed by atoms with Gasteiger partial charge in [0.15, 0.2) is 5.54 Å². The molecule has 7 nitrogen and oxygen atoms in total. The molecule has 0 saturated carbocycles. The molecule has 2 aliphatic heterocycles. The fourth-order valence-corrected chi connectivity index (χ4v) is 4.18. The summed E-state index contributed by atoms with van der Waals surface area (Å²) in [7, 11) is 0. The molecule has 0 bridgehead atoms. The summed E-state index contributed by atoms with van der Waals surface area (Å²) in [5.41, 5.74) is -0.596. The van der Waals surface area contributed by atoms with E-state index in [1.807, 2.05) is 20.8 Å². The molecule has 0 radical (unpaired) electrons. The normalized spacial score (nSPS) is 18.7. The maximum atomic E-state index is 13.5. The van der Waals surface area contributed by atoms with Crippen molar-refractivity contribution in [2.75, 3.05) is 24.5 Å². The predicted octanol–water partition coefficient (Wildman–Crippen LogP) is 3.15. The number of aryl methyl sites for hydroxylation is 2. The van der Waals surface area contributed by atoms with Crippen LogP contribution in [-0.4, -0.2) is 57.8 Å². The highest BCUT2D eigenvalue weighted by Crippen LogP contribution is 2.38. The van der Waals surface area contributed by atoms with Gasteiger partial charge in [-0.15, -0.1) is 0 Å². The highest BCUT2D eigenvalue weighted by Gasteiger charge is 2.60. The Balaban J connectivity index is 1.62. The Kier molecular flexibility index (Phi) is 5.21. The van der Waals surface area contributed by atoms with Crippen molar-refractivity contribution >= 4 is 17.8 Å². The number of carbonyl (C=O) groups is 2. The zero-order valence-electron chi connectivity index (χ0n) is 18.4. The number of oxazole rings is 1. The van der Waals surface area contributed by atoms with Crippen LogP contribution in [0.4, 0.5) is 19.2 Å². The highest BCUT2D eigenvalue weighted by molar-refractivity contribution is 6.00. The van der Waals surface area contributed by atoms with Crippen LogP contribution in [-0.2, 0) is 22.3 Å². The highest BCUT2D eigenvalue weighted by atomic mass is 19.4. The van der Waals surface area contributed by atoms with Gasteiger partial charge in [0, 0.05) is 12.6 Å². The van der Waals surface area contributed by atoms with Gasteiger partial charge in [-0.25, -0.2) is 0 Å². The molecule has 1 aromatic heterocycles. The lowest BCUT2D eigenvalue weighted by Crippen LogP contribution is -2.81. The molecule has 32 heavy (non-hydrogen) atoms. The molecule has 172 valence electrons. The number of piperazine rings is 1. The van der Waals surface area contributed by atoms with Crippen LogP contribution in [0.15, 0.2) is 28.7 Å². The van der Waals surface area contributed by atoms with Gasteiger partial charge in [-0.2, -0.15) is 18.2 Å². The topological polar surface area (TPSA) is 69.9 Å². The molecule has 1 spiro atoms. The van der Waals surface area contributed by atoms with Crippen molar-refractivity contribution < 1.29 is 27.2 Å². The summed E-state index contributed by atoms with van der Waals surface area (Å²) in [5, 5.41) is 0. The summed E-state index contributed by atoms with van der Waals surface area (Å²) in [4.78, 5) is 35.8. The van der Waals surface area contributed by atoms with E-state index in [0.717, 1.165) is 17.8 Å². The second-order valence-electron chi connectivity index (χ2n) is 8.73. The SMILES string of the molecule is Cc1nc(N2CC3(C2)C(=O)N(C(C)C)CC(=O)N3Cc2ccc(C(F)(F)F)cc2)oc1C. The van der Waals surface area contributed by atoms with Crippen molar-refractivity contribution in [1.82, 2.24) is 14.8 Å². The largest absolute Gasteiger partial charge is 0.429 e. The molecule has 0 atom stereocenters. The lowest BCUT2D eigenvalue weighted by atomic mass is 9.83. The maximum absolute atomic E-state index is 13.5. The summed E-state index contributed by atoms with van der Waals surface area (Å²) < 4.78 is 44.4. The third kappa shape index (κ3) is 3.61. The molecule has 2 saturated heterocycles. The van der Waals surface area contributed by atoms with Crippen molar-refractivity contribution in [2.24, 2.45) is 0 Å². The van der Waals surface area contributed by atoms with Gasteiger partial charge in [0.25, 0.3) is 11.9 Å². The third-order valence-corrected chi connectivity index (χ3v) is 6.22. The van der Waals surface area contributed by atoms with E-state index in [2.05, 4.69) is 4.98 Å². The first-order chi connectivity index (χ1) is 14.9. The lowest BCUT2D eigenvalue weighted by molar-refractivity contribution is -0.170. The first-order valence-electron chi connectivity index (χ1n) is 10.4. The number of alkyl halides is 3. The molecule has 2 aromatic rings. The summed E-state index contributed by atoms with van der Waals surface area (Å²) in [6.07, 6.45) is -4.44. The van der Waals surface area contributed by atoms with Crippen LogP contribution in [0.5, 0.6) is 0 Å². The van der Waals surface area contributed by atoms with E-state index in [-0.39, 0.29) is 44.0 Å². The molecular weight excluding hydrogens is 425 g/mol. The van der Waals surface area contributed by atoms with Gasteiger partial charge in [-0.3, -0.25) is 9.59 Å². The number of hydrogen-bond acceptors (Lipinski definition) is 5. The fourth-order valence-electron chi connectivity index (χ4n) is 4.18. The molecule has 4 rings (SSSR count). The van der Waals surface area contributed by atoms with Gasteiger partial charge in [-0.1, -0.05) is 12.1 Å². The molecule has 10 heteroatoms.